The molecule has 1 atom stereocenters. The van der Waals surface area contributed by atoms with Gasteiger partial charge < -0.3 is 4.98 Å². The van der Waals surface area contributed by atoms with Crippen molar-refractivity contribution >= 4 is 21.6 Å². The molecular weight excluding hydrogens is 298 g/mol. The number of nitrogens with one attached hydrogen (secondary N) is 1. The summed E-state index contributed by atoms with van der Waals surface area (Å²) in [5.41, 5.74) is 0.737. The lowest BCUT2D eigenvalue weighted by Crippen LogP contribution is -2.37. The van der Waals surface area contributed by atoms with E-state index in [0.717, 1.165) is 25.2 Å². The molecule has 1 N–H and O–H groups in total. The number of hydrogen-bond acceptors (Lipinski definition) is 3. The predicted octanol–water partition coefficient (Wildman–Crippen LogP) is 1.61. The molecule has 0 bridgehead atoms. The Labute approximate surface area is 124 Å². The molecule has 5 nitrogen and oxygen atoms in total. The maximum Gasteiger partial charge on any atom is 0.244 e. The molecule has 2 saturated heterocycles. The van der Waals surface area contributed by atoms with Crippen molar-refractivity contribution in [2.75, 3.05) is 26.2 Å². The van der Waals surface area contributed by atoms with Crippen LogP contribution in [-0.2, 0) is 15.9 Å². The zero-order chi connectivity index (χ0) is 14.2. The standard InChI is InChI=1S/C13H20ClN3O2S/c14-8-11-7-13(9-15-11)20(18,19)17-6-3-12(10-17)16-4-1-2-5-16/h7,9,12,15H,1-6,8,10H2. The van der Waals surface area contributed by atoms with E-state index in [4.69, 9.17) is 11.6 Å². The summed E-state index contributed by atoms with van der Waals surface area (Å²) in [6, 6.07) is 2.02. The summed E-state index contributed by atoms with van der Waals surface area (Å²) in [6.45, 7) is 3.45. The highest BCUT2D eigenvalue weighted by Crippen LogP contribution is 2.26. The number of H-pyrrole nitrogens is 1. The van der Waals surface area contributed by atoms with E-state index in [-0.39, 0.29) is 0 Å². The second-order valence-corrected chi connectivity index (χ2v) is 7.75. The number of sulfonamides is 1. The topological polar surface area (TPSA) is 56.4 Å². The average molecular weight is 318 g/mol. The number of halogens is 1. The minimum absolute atomic E-state index is 0.298. The van der Waals surface area contributed by atoms with Gasteiger partial charge in [0.25, 0.3) is 0 Å². The SMILES string of the molecule is O=S(=O)(c1c[nH]c(CCl)c1)N1CCC(N2CCCC2)C1. The summed E-state index contributed by atoms with van der Waals surface area (Å²) in [7, 11) is -3.37. The maximum atomic E-state index is 12.6. The molecule has 20 heavy (non-hydrogen) atoms. The first-order valence-corrected chi connectivity index (χ1v) is 9.06. The first-order chi connectivity index (χ1) is 9.61. The Hall–Kier alpha value is -0.560. The molecule has 2 fully saturated rings. The monoisotopic (exact) mass is 317 g/mol. The van der Waals surface area contributed by atoms with Gasteiger partial charge in [0.1, 0.15) is 0 Å². The number of alkyl halides is 1. The van der Waals surface area contributed by atoms with E-state index in [9.17, 15) is 8.42 Å². The second-order valence-electron chi connectivity index (χ2n) is 5.54. The second kappa shape index (κ2) is 5.67. The van der Waals surface area contributed by atoms with Crippen LogP contribution in [0.2, 0.25) is 0 Å². The lowest BCUT2D eigenvalue weighted by Gasteiger charge is -2.23. The van der Waals surface area contributed by atoms with E-state index in [1.807, 2.05) is 0 Å². The van der Waals surface area contributed by atoms with Gasteiger partial charge in [0.2, 0.25) is 10.0 Å². The molecule has 1 aromatic heterocycles. The van der Waals surface area contributed by atoms with Crippen LogP contribution >= 0.6 is 11.6 Å². The number of aromatic nitrogens is 1. The molecule has 0 radical (unpaired) electrons. The highest BCUT2D eigenvalue weighted by Gasteiger charge is 2.36. The molecule has 3 heterocycles. The summed E-state index contributed by atoms with van der Waals surface area (Å²) < 4.78 is 26.7. The third-order valence-electron chi connectivity index (χ3n) is 4.28. The number of likely N-dealkylation sites (tertiary alicyclic amines) is 1. The third-order valence-corrected chi connectivity index (χ3v) is 6.41. The van der Waals surface area contributed by atoms with Crippen molar-refractivity contribution in [1.29, 1.82) is 0 Å². The van der Waals surface area contributed by atoms with Crippen LogP contribution < -0.4 is 0 Å². The lowest BCUT2D eigenvalue weighted by atomic mass is 10.2. The molecule has 3 rings (SSSR count). The first-order valence-electron chi connectivity index (χ1n) is 7.09. The van der Waals surface area contributed by atoms with Crippen molar-refractivity contribution in [3.63, 3.8) is 0 Å². The Kier molecular flexibility index (Phi) is 4.08. The normalized spacial score (nSPS) is 25.6. The summed E-state index contributed by atoms with van der Waals surface area (Å²) in [6.07, 6.45) is 4.95. The third kappa shape index (κ3) is 2.62. The number of nitrogens with zero attached hydrogens (tertiary/aromatic N) is 2. The van der Waals surface area contributed by atoms with Gasteiger partial charge in [-0.1, -0.05) is 0 Å². The Balaban J connectivity index is 1.72. The van der Waals surface area contributed by atoms with Crippen LogP contribution in [0.1, 0.15) is 25.0 Å². The van der Waals surface area contributed by atoms with Crippen molar-refractivity contribution in [3.8, 4) is 0 Å². The molecule has 0 saturated carbocycles. The van der Waals surface area contributed by atoms with Gasteiger partial charge in [-0.2, -0.15) is 4.31 Å². The average Bonchev–Trinajstić information content (AvgIpc) is 3.18. The molecule has 0 spiro atoms. The molecule has 2 aliphatic rings. The van der Waals surface area contributed by atoms with Gasteiger partial charge in [0.15, 0.2) is 0 Å². The van der Waals surface area contributed by atoms with Gasteiger partial charge in [-0.25, -0.2) is 8.42 Å². The minimum atomic E-state index is -3.37. The zero-order valence-corrected chi connectivity index (χ0v) is 13.0. The maximum absolute atomic E-state index is 12.6. The fraction of sp³-hybridized carbons (Fsp3) is 0.692. The summed E-state index contributed by atoms with van der Waals surface area (Å²) in [5.74, 6) is 0.298. The molecular formula is C13H20ClN3O2S. The minimum Gasteiger partial charge on any atom is -0.363 e. The molecule has 7 heteroatoms. The molecule has 1 unspecified atom stereocenters. The van der Waals surface area contributed by atoms with Crippen molar-refractivity contribution in [2.24, 2.45) is 0 Å². The van der Waals surface area contributed by atoms with Crippen LogP contribution in [0, 0.1) is 0 Å². The smallest absolute Gasteiger partial charge is 0.244 e. The molecule has 1 aromatic rings. The van der Waals surface area contributed by atoms with Crippen LogP contribution in [0.5, 0.6) is 0 Å². The van der Waals surface area contributed by atoms with Crippen molar-refractivity contribution in [2.45, 2.75) is 36.1 Å². The van der Waals surface area contributed by atoms with Crippen molar-refractivity contribution in [1.82, 2.24) is 14.2 Å². The van der Waals surface area contributed by atoms with Gasteiger partial charge in [-0.15, -0.1) is 11.6 Å². The number of hydrogen-bond donors (Lipinski definition) is 1. The van der Waals surface area contributed by atoms with Crippen LogP contribution in [0.3, 0.4) is 0 Å². The molecule has 0 aliphatic carbocycles. The lowest BCUT2D eigenvalue weighted by molar-refractivity contribution is 0.251. The molecule has 0 aromatic carbocycles. The fourth-order valence-electron chi connectivity index (χ4n) is 3.13. The van der Waals surface area contributed by atoms with E-state index < -0.39 is 10.0 Å². The fourth-order valence-corrected chi connectivity index (χ4v) is 4.79. The van der Waals surface area contributed by atoms with Crippen molar-refractivity contribution in [3.05, 3.63) is 18.0 Å². The molecule has 2 aliphatic heterocycles. The highest BCUT2D eigenvalue weighted by molar-refractivity contribution is 7.89. The Morgan fingerprint density at radius 1 is 1.30 bits per heavy atom. The summed E-state index contributed by atoms with van der Waals surface area (Å²) >= 11 is 5.71. The van der Waals surface area contributed by atoms with Crippen LogP contribution in [0.4, 0.5) is 0 Å². The molecule has 112 valence electrons. The largest absolute Gasteiger partial charge is 0.363 e. The van der Waals surface area contributed by atoms with Crippen LogP contribution in [0.15, 0.2) is 17.2 Å². The van der Waals surface area contributed by atoms with Crippen molar-refractivity contribution < 1.29 is 8.42 Å². The Bertz CT molecular complexity index is 566. The van der Waals surface area contributed by atoms with Gasteiger partial charge in [-0.05, 0) is 38.4 Å². The first kappa shape index (κ1) is 14.4. The van der Waals surface area contributed by atoms with Gasteiger partial charge in [-0.3, -0.25) is 4.90 Å². The van der Waals surface area contributed by atoms with E-state index in [1.165, 1.54) is 19.0 Å². The zero-order valence-electron chi connectivity index (χ0n) is 11.4. The quantitative estimate of drug-likeness (QED) is 0.858. The highest BCUT2D eigenvalue weighted by atomic mass is 35.5. The van der Waals surface area contributed by atoms with Gasteiger partial charge in [0.05, 0.1) is 10.8 Å². The van der Waals surface area contributed by atoms with E-state index in [0.29, 0.717) is 29.9 Å². The van der Waals surface area contributed by atoms with E-state index >= 15 is 0 Å². The summed E-state index contributed by atoms with van der Waals surface area (Å²) in [4.78, 5) is 5.66. The van der Waals surface area contributed by atoms with Gasteiger partial charge in [0, 0.05) is 31.0 Å². The predicted molar refractivity (Wildman–Crippen MR) is 78.3 cm³/mol. The van der Waals surface area contributed by atoms with Crippen LogP contribution in [-0.4, -0.2) is 54.8 Å². The summed E-state index contributed by atoms with van der Waals surface area (Å²) in [5, 5.41) is 0. The van der Waals surface area contributed by atoms with E-state index in [1.54, 1.807) is 10.4 Å². The van der Waals surface area contributed by atoms with E-state index in [2.05, 4.69) is 9.88 Å². The number of aromatic amines is 1. The molecule has 0 amide bonds. The Morgan fingerprint density at radius 3 is 2.70 bits per heavy atom. The number of rotatable bonds is 4. The van der Waals surface area contributed by atoms with Crippen LogP contribution in [0.25, 0.3) is 0 Å². The van der Waals surface area contributed by atoms with Gasteiger partial charge >= 0.3 is 0 Å². The Morgan fingerprint density at radius 2 is 2.05 bits per heavy atom.